The number of carbonyl (C=O) groups excluding carboxylic acids is 1. The smallest absolute Gasteiger partial charge is 0.255 e. The van der Waals surface area contributed by atoms with Gasteiger partial charge >= 0.3 is 0 Å². The summed E-state index contributed by atoms with van der Waals surface area (Å²) in [7, 11) is -1.94. The molecule has 8 nitrogen and oxygen atoms in total. The second-order valence-electron chi connectivity index (χ2n) is 5.65. The molecule has 1 aliphatic rings. The summed E-state index contributed by atoms with van der Waals surface area (Å²) < 4.78 is 27.4. The quantitative estimate of drug-likeness (QED) is 0.745. The molecule has 0 aromatic carbocycles. The van der Waals surface area contributed by atoms with E-state index < -0.39 is 15.1 Å². The van der Waals surface area contributed by atoms with Crippen LogP contribution in [0, 0.1) is 0 Å². The Morgan fingerprint density at radius 3 is 2.58 bits per heavy atom. The first-order valence-electron chi connectivity index (χ1n) is 7.37. The van der Waals surface area contributed by atoms with Crippen molar-refractivity contribution in [2.45, 2.75) is 23.2 Å². The van der Waals surface area contributed by atoms with E-state index in [4.69, 9.17) is 0 Å². The Labute approximate surface area is 147 Å². The van der Waals surface area contributed by atoms with Gasteiger partial charge in [0.15, 0.2) is 0 Å². The summed E-state index contributed by atoms with van der Waals surface area (Å²) in [4.78, 5) is 18.1. The van der Waals surface area contributed by atoms with Crippen LogP contribution in [0.3, 0.4) is 0 Å². The molecule has 1 amide bonds. The Kier molecular flexibility index (Phi) is 4.68. The van der Waals surface area contributed by atoms with Crippen molar-refractivity contribution in [2.75, 3.05) is 13.1 Å². The highest BCUT2D eigenvalue weighted by atomic mass is 79.9. The summed E-state index contributed by atoms with van der Waals surface area (Å²) in [5, 5.41) is 6.76. The Hall–Kier alpha value is -1.81. The van der Waals surface area contributed by atoms with E-state index in [1.165, 1.54) is 17.1 Å². The van der Waals surface area contributed by atoms with Gasteiger partial charge in [0.05, 0.1) is 10.8 Å². The summed E-state index contributed by atoms with van der Waals surface area (Å²) in [6.07, 6.45) is 5.24. The van der Waals surface area contributed by atoms with Crippen LogP contribution in [0.4, 0.5) is 0 Å². The molecule has 3 heterocycles. The predicted octanol–water partition coefficient (Wildman–Crippen LogP) is 1.05. The highest BCUT2D eigenvalue weighted by Crippen LogP contribution is 2.24. The van der Waals surface area contributed by atoms with Gasteiger partial charge in [-0.2, -0.15) is 0 Å². The number of rotatable bonds is 3. The van der Waals surface area contributed by atoms with Crippen LogP contribution in [0.5, 0.6) is 0 Å². The van der Waals surface area contributed by atoms with Gasteiger partial charge < -0.3 is 9.47 Å². The second-order valence-corrected chi connectivity index (χ2v) is 8.69. The van der Waals surface area contributed by atoms with Gasteiger partial charge in [-0.1, -0.05) is 0 Å². The molecular formula is C14H16BrN5O3S. The first-order chi connectivity index (χ1) is 11.4. The van der Waals surface area contributed by atoms with Gasteiger partial charge in [0, 0.05) is 37.0 Å². The largest absolute Gasteiger partial charge is 0.339 e. The normalized spacial score (nSPS) is 16.3. The summed E-state index contributed by atoms with van der Waals surface area (Å²) in [5.74, 6) is -0.140. The van der Waals surface area contributed by atoms with E-state index in [1.807, 2.05) is 0 Å². The minimum absolute atomic E-state index is 0.0246. The molecule has 0 saturated carbocycles. The van der Waals surface area contributed by atoms with Crippen LogP contribution in [-0.4, -0.2) is 57.3 Å². The molecule has 2 aromatic rings. The average molecular weight is 414 g/mol. The molecule has 0 N–H and O–H groups in total. The zero-order valence-electron chi connectivity index (χ0n) is 13.0. The van der Waals surface area contributed by atoms with Crippen molar-refractivity contribution in [3.8, 4) is 0 Å². The summed E-state index contributed by atoms with van der Waals surface area (Å²) >= 11 is 3.29. The van der Waals surface area contributed by atoms with Crippen molar-refractivity contribution in [3.05, 3.63) is 34.8 Å². The van der Waals surface area contributed by atoms with Crippen molar-refractivity contribution in [1.82, 2.24) is 24.6 Å². The average Bonchev–Trinajstić information content (AvgIpc) is 3.01. The Morgan fingerprint density at radius 2 is 2.00 bits per heavy atom. The predicted molar refractivity (Wildman–Crippen MR) is 89.1 cm³/mol. The fraction of sp³-hybridized carbons (Fsp3) is 0.429. The molecule has 0 atom stereocenters. The first kappa shape index (κ1) is 17.0. The number of hydrogen-bond acceptors (Lipinski definition) is 6. The molecule has 24 heavy (non-hydrogen) atoms. The van der Waals surface area contributed by atoms with E-state index in [2.05, 4.69) is 31.1 Å². The Morgan fingerprint density at radius 1 is 1.29 bits per heavy atom. The van der Waals surface area contributed by atoms with Crippen molar-refractivity contribution >= 4 is 31.7 Å². The monoisotopic (exact) mass is 413 g/mol. The van der Waals surface area contributed by atoms with Crippen LogP contribution in [0.2, 0.25) is 0 Å². The van der Waals surface area contributed by atoms with Gasteiger partial charge in [-0.05, 0) is 34.8 Å². The third-order valence-corrected chi connectivity index (χ3v) is 6.71. The molecule has 1 aliphatic heterocycles. The number of sulfone groups is 1. The van der Waals surface area contributed by atoms with Crippen LogP contribution in [0.15, 0.2) is 34.4 Å². The molecule has 10 heteroatoms. The van der Waals surface area contributed by atoms with E-state index in [1.54, 1.807) is 24.2 Å². The number of halogens is 1. The molecule has 3 rings (SSSR count). The van der Waals surface area contributed by atoms with Gasteiger partial charge in [0.25, 0.3) is 5.91 Å². The van der Waals surface area contributed by atoms with Gasteiger partial charge in [-0.25, -0.2) is 8.42 Å². The van der Waals surface area contributed by atoms with E-state index in [9.17, 15) is 13.2 Å². The van der Waals surface area contributed by atoms with Crippen LogP contribution in [-0.2, 0) is 16.9 Å². The minimum Gasteiger partial charge on any atom is -0.339 e. The minimum atomic E-state index is -3.54. The molecule has 1 saturated heterocycles. The lowest BCUT2D eigenvalue weighted by Crippen LogP contribution is -2.42. The Balaban J connectivity index is 1.70. The Bertz CT molecular complexity index is 859. The molecular weight excluding hydrogens is 398 g/mol. The molecule has 2 aromatic heterocycles. The van der Waals surface area contributed by atoms with E-state index >= 15 is 0 Å². The maximum Gasteiger partial charge on any atom is 0.255 e. The lowest BCUT2D eigenvalue weighted by atomic mass is 10.1. The number of hydrogen-bond donors (Lipinski definition) is 0. The lowest BCUT2D eigenvalue weighted by Gasteiger charge is -2.31. The fourth-order valence-electron chi connectivity index (χ4n) is 2.76. The van der Waals surface area contributed by atoms with Crippen molar-refractivity contribution in [1.29, 1.82) is 0 Å². The highest BCUT2D eigenvalue weighted by Gasteiger charge is 2.35. The lowest BCUT2D eigenvalue weighted by molar-refractivity contribution is 0.0725. The molecule has 128 valence electrons. The number of pyridine rings is 1. The summed E-state index contributed by atoms with van der Waals surface area (Å²) in [6.45, 7) is 0.764. The van der Waals surface area contributed by atoms with Gasteiger partial charge in [0.2, 0.25) is 15.0 Å². The van der Waals surface area contributed by atoms with Gasteiger partial charge in [0.1, 0.15) is 6.33 Å². The number of likely N-dealkylation sites (tertiary alicyclic amines) is 1. The fourth-order valence-corrected chi connectivity index (χ4v) is 4.86. The first-order valence-corrected chi connectivity index (χ1v) is 9.71. The van der Waals surface area contributed by atoms with Crippen molar-refractivity contribution < 1.29 is 13.2 Å². The number of piperidine rings is 1. The zero-order chi connectivity index (χ0) is 17.3. The second kappa shape index (κ2) is 6.60. The molecule has 1 fully saturated rings. The van der Waals surface area contributed by atoms with E-state index in [0.717, 1.165) is 4.47 Å². The number of aryl methyl sites for hydroxylation is 1. The topological polar surface area (TPSA) is 98.0 Å². The van der Waals surface area contributed by atoms with Gasteiger partial charge in [-0.15, -0.1) is 10.2 Å². The van der Waals surface area contributed by atoms with E-state index in [-0.39, 0.29) is 11.1 Å². The number of amides is 1. The maximum atomic E-state index is 12.6. The molecule has 0 radical (unpaired) electrons. The third kappa shape index (κ3) is 3.20. The van der Waals surface area contributed by atoms with Crippen LogP contribution < -0.4 is 0 Å². The van der Waals surface area contributed by atoms with Crippen LogP contribution in [0.1, 0.15) is 23.2 Å². The third-order valence-electron chi connectivity index (χ3n) is 4.04. The molecule has 0 bridgehead atoms. The van der Waals surface area contributed by atoms with Crippen LogP contribution in [0.25, 0.3) is 0 Å². The van der Waals surface area contributed by atoms with Crippen molar-refractivity contribution in [3.63, 3.8) is 0 Å². The van der Waals surface area contributed by atoms with E-state index in [0.29, 0.717) is 31.5 Å². The summed E-state index contributed by atoms with van der Waals surface area (Å²) in [6, 6.07) is 1.71. The number of carbonyl (C=O) groups is 1. The zero-order valence-corrected chi connectivity index (χ0v) is 15.4. The molecule has 0 unspecified atom stereocenters. The molecule has 0 spiro atoms. The van der Waals surface area contributed by atoms with Crippen molar-refractivity contribution in [2.24, 2.45) is 7.05 Å². The standard InChI is InChI=1S/C14H16BrN5O3S/c1-19-9-17-18-14(19)24(22,23)12-2-4-20(5-3-12)13(21)10-6-11(15)8-16-7-10/h6-9,12H,2-5H2,1H3. The van der Waals surface area contributed by atoms with Gasteiger partial charge in [-0.3, -0.25) is 9.78 Å². The maximum absolute atomic E-state index is 12.6. The SMILES string of the molecule is Cn1cnnc1S(=O)(=O)C1CCN(C(=O)c2cncc(Br)c2)CC1. The number of nitrogens with zero attached hydrogens (tertiary/aromatic N) is 5. The summed E-state index contributed by atoms with van der Waals surface area (Å²) in [5.41, 5.74) is 0.485. The molecule has 0 aliphatic carbocycles. The van der Waals surface area contributed by atoms with Crippen LogP contribution >= 0.6 is 15.9 Å². The highest BCUT2D eigenvalue weighted by molar-refractivity contribution is 9.10. The number of aromatic nitrogens is 4.